The van der Waals surface area contributed by atoms with Crippen LogP contribution in [0.3, 0.4) is 0 Å². The van der Waals surface area contributed by atoms with Crippen LogP contribution >= 0.6 is 23.1 Å². The molecule has 0 fully saturated rings. The number of aromatic nitrogens is 1. The smallest absolute Gasteiger partial charge is 0.271 e. The molecule has 10 unspecified atom stereocenters. The Morgan fingerprint density at radius 3 is 2.15 bits per heavy atom. The number of hydrogen-bond donors (Lipinski definition) is 5. The van der Waals surface area contributed by atoms with E-state index < -0.39 is 48.3 Å². The molecule has 1 aromatic carbocycles. The average molecular weight is 779 g/mol. The maximum atomic E-state index is 14.0. The number of amides is 4. The molecule has 54 heavy (non-hydrogen) atoms. The topological polar surface area (TPSA) is 184 Å². The zero-order chi connectivity index (χ0) is 38.7. The SMILES string of the molecule is CCC(C)C1NC(=O)C2=CSC(N2)C(C)NC(=O)C2N=C(OC2C)C(CC(C)C)NC(=O)c2csc(n2)C(Cc2ccccc2)NC(=O)C2N=C1OC2C. The minimum absolute atomic E-state index is 0.0594. The summed E-state index contributed by atoms with van der Waals surface area (Å²) in [5.41, 5.74) is 1.52. The van der Waals surface area contributed by atoms with Gasteiger partial charge in [0.05, 0.1) is 17.5 Å². The molecule has 8 bridgehead atoms. The number of aliphatic imine (C=N–C) groups is 2. The summed E-state index contributed by atoms with van der Waals surface area (Å²) in [4.78, 5) is 69.2. The van der Waals surface area contributed by atoms with Crippen molar-refractivity contribution in [1.82, 2.24) is 31.6 Å². The van der Waals surface area contributed by atoms with Gasteiger partial charge in [0.2, 0.25) is 23.6 Å². The second-order valence-corrected chi connectivity index (χ2v) is 16.7. The Morgan fingerprint density at radius 1 is 0.796 bits per heavy atom. The molecule has 4 amide bonds. The molecule has 0 radical (unpaired) electrons. The maximum absolute atomic E-state index is 14.0. The van der Waals surface area contributed by atoms with E-state index in [2.05, 4.69) is 31.6 Å². The molecule has 14 nitrogen and oxygen atoms in total. The van der Waals surface area contributed by atoms with Crippen molar-refractivity contribution in [2.24, 2.45) is 21.8 Å². The summed E-state index contributed by atoms with van der Waals surface area (Å²) in [7, 11) is 0. The molecule has 6 rings (SSSR count). The van der Waals surface area contributed by atoms with Crippen molar-refractivity contribution in [1.29, 1.82) is 0 Å². The van der Waals surface area contributed by atoms with Gasteiger partial charge in [0.25, 0.3) is 11.8 Å². The largest absolute Gasteiger partial charge is 0.474 e. The van der Waals surface area contributed by atoms with Crippen LogP contribution in [0.2, 0.25) is 0 Å². The molecule has 0 aliphatic carbocycles. The number of nitrogens with zero attached hydrogens (tertiary/aromatic N) is 3. The number of benzene rings is 1. The molecular formula is C38H50N8O6S2. The summed E-state index contributed by atoms with van der Waals surface area (Å²) in [5.74, 6) is -0.741. The maximum Gasteiger partial charge on any atom is 0.271 e. The lowest BCUT2D eigenvalue weighted by molar-refractivity contribution is -0.125. The first-order valence-electron chi connectivity index (χ1n) is 18.6. The van der Waals surface area contributed by atoms with Crippen LogP contribution in [-0.2, 0) is 30.3 Å². The summed E-state index contributed by atoms with van der Waals surface area (Å²) in [5, 5.41) is 19.2. The van der Waals surface area contributed by atoms with E-state index >= 15 is 0 Å². The Kier molecular flexibility index (Phi) is 12.3. The Balaban J connectivity index is 1.35. The normalized spacial score (nSPS) is 31.0. The van der Waals surface area contributed by atoms with Gasteiger partial charge in [0.15, 0.2) is 12.1 Å². The van der Waals surface area contributed by atoms with Crippen LogP contribution < -0.4 is 26.6 Å². The quantitative estimate of drug-likeness (QED) is 0.293. The second-order valence-electron chi connectivity index (χ2n) is 14.8. The molecular weight excluding hydrogens is 729 g/mol. The van der Waals surface area contributed by atoms with Crippen molar-refractivity contribution in [3.05, 3.63) is 63.1 Å². The zero-order valence-corrected chi connectivity index (χ0v) is 33.3. The van der Waals surface area contributed by atoms with Gasteiger partial charge >= 0.3 is 0 Å². The molecule has 10 atom stereocenters. The van der Waals surface area contributed by atoms with E-state index in [0.29, 0.717) is 29.4 Å². The van der Waals surface area contributed by atoms with Crippen LogP contribution in [-0.4, -0.2) is 88.2 Å². The van der Waals surface area contributed by atoms with Crippen molar-refractivity contribution in [2.75, 3.05) is 0 Å². The Hall–Kier alpha value is -4.44. The van der Waals surface area contributed by atoms with Crippen LogP contribution in [0, 0.1) is 11.8 Å². The van der Waals surface area contributed by atoms with E-state index in [9.17, 15) is 19.2 Å². The standard InChI is InChI=1S/C38H50N8O6S2/c1-8-19(4)28-36-46-30(22(7)52-36)34(50)41-25(15-23-12-10-9-11-13-23)38-43-26(17-54-38)31(47)40-24(14-18(2)3)35-45-29(21(6)51-35)33(49)39-20(5)37-42-27(16-53-37)32(48)44-28/h9-13,16-22,24-25,28-30,37,42H,8,14-15H2,1-7H3,(H,39,49)(H,40,47)(H,41,50)(H,44,48). The molecule has 290 valence electrons. The third-order valence-corrected chi connectivity index (χ3v) is 12.1. The van der Waals surface area contributed by atoms with Gasteiger partial charge < -0.3 is 36.1 Å². The van der Waals surface area contributed by atoms with Crippen LogP contribution in [0.25, 0.3) is 0 Å². The van der Waals surface area contributed by atoms with Crippen molar-refractivity contribution >= 4 is 58.5 Å². The Morgan fingerprint density at radius 2 is 1.46 bits per heavy atom. The van der Waals surface area contributed by atoms with Gasteiger partial charge in [-0.25, -0.2) is 15.0 Å². The highest BCUT2D eigenvalue weighted by molar-refractivity contribution is 8.03. The van der Waals surface area contributed by atoms with E-state index in [1.807, 2.05) is 65.0 Å². The third-order valence-electron chi connectivity index (χ3n) is 10.00. The van der Waals surface area contributed by atoms with Gasteiger partial charge in [-0.3, -0.25) is 19.2 Å². The summed E-state index contributed by atoms with van der Waals surface area (Å²) >= 11 is 2.67. The third kappa shape index (κ3) is 8.91. The fourth-order valence-corrected chi connectivity index (χ4v) is 8.53. The van der Waals surface area contributed by atoms with E-state index in [1.54, 1.807) is 24.6 Å². The Bertz CT molecular complexity index is 1810. The molecule has 1 aromatic heterocycles. The second kappa shape index (κ2) is 16.9. The number of nitrogens with one attached hydrogen (secondary N) is 5. The monoisotopic (exact) mass is 778 g/mol. The number of hydrogen-bond acceptors (Lipinski definition) is 12. The molecule has 4 aliphatic heterocycles. The lowest BCUT2D eigenvalue weighted by Gasteiger charge is -2.26. The lowest BCUT2D eigenvalue weighted by atomic mass is 9.98. The summed E-state index contributed by atoms with van der Waals surface area (Å²) in [6.45, 7) is 13.5. The number of carbonyl (C=O) groups excluding carboxylic acids is 4. The van der Waals surface area contributed by atoms with Crippen molar-refractivity contribution in [3.8, 4) is 0 Å². The average Bonchev–Trinajstić information content (AvgIpc) is 3.96. The number of rotatable bonds is 6. The first-order chi connectivity index (χ1) is 25.8. The molecule has 16 heteroatoms. The number of fused-ring (bicyclic) bond motifs is 6. The highest BCUT2D eigenvalue weighted by Crippen LogP contribution is 2.28. The van der Waals surface area contributed by atoms with E-state index in [0.717, 1.165) is 12.0 Å². The van der Waals surface area contributed by atoms with E-state index in [-0.39, 0.29) is 52.6 Å². The fourth-order valence-electron chi connectivity index (χ4n) is 6.72. The summed E-state index contributed by atoms with van der Waals surface area (Å²) in [6.07, 6.45) is 0.504. The highest BCUT2D eigenvalue weighted by Gasteiger charge is 2.41. The molecule has 0 spiro atoms. The van der Waals surface area contributed by atoms with Gasteiger partial charge in [-0.15, -0.1) is 23.1 Å². The lowest BCUT2D eigenvalue weighted by Crippen LogP contribution is -2.51. The molecule has 5 N–H and O–H groups in total. The highest BCUT2D eigenvalue weighted by atomic mass is 32.2. The fraction of sp³-hybridized carbons (Fsp3) is 0.553. The van der Waals surface area contributed by atoms with Crippen LogP contribution in [0.1, 0.15) is 88.4 Å². The molecule has 4 aliphatic rings. The number of carbonyl (C=O) groups is 4. The molecule has 5 heterocycles. The Labute approximate surface area is 324 Å². The number of thiazole rings is 1. The molecule has 0 saturated heterocycles. The number of thioether (sulfide) groups is 1. The minimum Gasteiger partial charge on any atom is -0.474 e. The number of ether oxygens (including phenoxy) is 2. The van der Waals surface area contributed by atoms with Crippen LogP contribution in [0.15, 0.2) is 56.8 Å². The van der Waals surface area contributed by atoms with E-state index in [4.69, 9.17) is 19.5 Å². The van der Waals surface area contributed by atoms with Gasteiger partial charge in [0, 0.05) is 10.8 Å². The van der Waals surface area contributed by atoms with Crippen LogP contribution in [0.4, 0.5) is 0 Å². The first-order valence-corrected chi connectivity index (χ1v) is 20.5. The van der Waals surface area contributed by atoms with Crippen LogP contribution in [0.5, 0.6) is 0 Å². The van der Waals surface area contributed by atoms with Gasteiger partial charge in [-0.2, -0.15) is 0 Å². The van der Waals surface area contributed by atoms with Gasteiger partial charge in [-0.1, -0.05) is 64.4 Å². The molecule has 2 aromatic rings. The van der Waals surface area contributed by atoms with E-state index in [1.165, 1.54) is 23.1 Å². The zero-order valence-electron chi connectivity index (χ0n) is 31.6. The summed E-state index contributed by atoms with van der Waals surface area (Å²) in [6, 6.07) is 5.87. The predicted octanol–water partition coefficient (Wildman–Crippen LogP) is 3.61. The predicted molar refractivity (Wildman–Crippen MR) is 209 cm³/mol. The van der Waals surface area contributed by atoms with Crippen molar-refractivity contribution in [3.63, 3.8) is 0 Å². The van der Waals surface area contributed by atoms with Crippen molar-refractivity contribution in [2.45, 2.75) is 122 Å². The minimum atomic E-state index is -0.876. The van der Waals surface area contributed by atoms with Crippen molar-refractivity contribution < 1.29 is 28.7 Å². The summed E-state index contributed by atoms with van der Waals surface area (Å²) < 4.78 is 12.3. The van der Waals surface area contributed by atoms with Gasteiger partial charge in [-0.05, 0) is 51.0 Å². The van der Waals surface area contributed by atoms with Gasteiger partial charge in [0.1, 0.15) is 40.7 Å². The first kappa shape index (κ1) is 39.3. The molecule has 0 saturated carbocycles.